The summed E-state index contributed by atoms with van der Waals surface area (Å²) < 4.78 is 10.9. The standard InChI is InChI=1S/C19H25NO5/c1-18(2,3)25-16(22)19-10-9-14(15(21)11-19)20(19)17(23)24-12-13-7-5-4-6-8-13/h4-8,14-15,21H,9-12H2,1-3H3/t14-,15+,19+/m1/s1. The van der Waals surface area contributed by atoms with Gasteiger partial charge < -0.3 is 14.6 Å². The summed E-state index contributed by atoms with van der Waals surface area (Å²) in [6.45, 7) is 5.50. The van der Waals surface area contributed by atoms with Gasteiger partial charge in [-0.25, -0.2) is 9.59 Å². The number of carbonyl (C=O) groups is 2. The van der Waals surface area contributed by atoms with Crippen molar-refractivity contribution < 1.29 is 24.2 Å². The van der Waals surface area contributed by atoms with E-state index in [9.17, 15) is 14.7 Å². The van der Waals surface area contributed by atoms with Crippen LogP contribution in [0.2, 0.25) is 0 Å². The van der Waals surface area contributed by atoms with Crippen LogP contribution in [0.3, 0.4) is 0 Å². The molecule has 2 saturated heterocycles. The van der Waals surface area contributed by atoms with Crippen molar-refractivity contribution in [1.82, 2.24) is 4.90 Å². The van der Waals surface area contributed by atoms with Gasteiger partial charge in [0.05, 0.1) is 12.1 Å². The number of aliphatic hydroxyl groups excluding tert-OH is 1. The molecule has 1 aromatic rings. The Morgan fingerprint density at radius 2 is 1.96 bits per heavy atom. The number of ether oxygens (including phenoxy) is 2. The van der Waals surface area contributed by atoms with Gasteiger partial charge in [-0.05, 0) is 39.2 Å². The molecule has 136 valence electrons. The fourth-order valence-electron chi connectivity index (χ4n) is 3.76. The van der Waals surface area contributed by atoms with Crippen LogP contribution < -0.4 is 0 Å². The molecule has 0 spiro atoms. The smallest absolute Gasteiger partial charge is 0.411 e. The summed E-state index contributed by atoms with van der Waals surface area (Å²) in [7, 11) is 0. The molecule has 2 aliphatic heterocycles. The Balaban J connectivity index is 1.76. The van der Waals surface area contributed by atoms with Gasteiger partial charge in [-0.3, -0.25) is 4.90 Å². The molecule has 6 heteroatoms. The maximum atomic E-state index is 12.8. The third-order valence-electron chi connectivity index (χ3n) is 4.82. The van der Waals surface area contributed by atoms with Crippen LogP contribution in [0.25, 0.3) is 0 Å². The van der Waals surface area contributed by atoms with Crippen molar-refractivity contribution in [3.05, 3.63) is 35.9 Å². The molecule has 2 heterocycles. The van der Waals surface area contributed by atoms with E-state index in [1.807, 2.05) is 30.3 Å². The number of carbonyl (C=O) groups excluding carboxylic acids is 2. The fourth-order valence-corrected chi connectivity index (χ4v) is 3.76. The molecule has 2 bridgehead atoms. The first kappa shape index (κ1) is 17.7. The molecule has 0 unspecified atom stereocenters. The van der Waals surface area contributed by atoms with Crippen LogP contribution in [0.4, 0.5) is 4.79 Å². The Kier molecular flexibility index (Phi) is 4.49. The van der Waals surface area contributed by atoms with Crippen LogP contribution in [0.1, 0.15) is 45.6 Å². The van der Waals surface area contributed by atoms with Crippen LogP contribution in [0.15, 0.2) is 30.3 Å². The van der Waals surface area contributed by atoms with Crippen molar-refractivity contribution in [2.24, 2.45) is 0 Å². The molecule has 3 atom stereocenters. The third-order valence-corrected chi connectivity index (χ3v) is 4.82. The normalized spacial score (nSPS) is 28.1. The van der Waals surface area contributed by atoms with Crippen LogP contribution >= 0.6 is 0 Å². The number of aliphatic hydroxyl groups is 1. The largest absolute Gasteiger partial charge is 0.458 e. The second-order valence-corrected chi connectivity index (χ2v) is 7.82. The molecular formula is C19H25NO5. The van der Waals surface area contributed by atoms with Gasteiger partial charge in [0.15, 0.2) is 0 Å². The highest BCUT2D eigenvalue weighted by atomic mass is 16.6. The van der Waals surface area contributed by atoms with E-state index >= 15 is 0 Å². The van der Waals surface area contributed by atoms with Crippen molar-refractivity contribution >= 4 is 12.1 Å². The number of fused-ring (bicyclic) bond motifs is 2. The summed E-state index contributed by atoms with van der Waals surface area (Å²) in [5, 5.41) is 10.3. The molecule has 0 saturated carbocycles. The summed E-state index contributed by atoms with van der Waals surface area (Å²) in [5.41, 5.74) is -0.906. The van der Waals surface area contributed by atoms with E-state index in [-0.39, 0.29) is 13.0 Å². The van der Waals surface area contributed by atoms with Crippen LogP contribution in [0.5, 0.6) is 0 Å². The molecule has 1 N–H and O–H groups in total. The highest BCUT2D eigenvalue weighted by Gasteiger charge is 2.64. The Bertz CT molecular complexity index is 654. The number of nitrogens with zero attached hydrogens (tertiary/aromatic N) is 1. The molecule has 3 rings (SSSR count). The summed E-state index contributed by atoms with van der Waals surface area (Å²) in [4.78, 5) is 26.9. The zero-order valence-corrected chi connectivity index (χ0v) is 14.9. The minimum atomic E-state index is -1.12. The van der Waals surface area contributed by atoms with Gasteiger partial charge in [0.25, 0.3) is 0 Å². The van der Waals surface area contributed by atoms with E-state index in [4.69, 9.17) is 9.47 Å². The predicted molar refractivity (Wildman–Crippen MR) is 90.7 cm³/mol. The summed E-state index contributed by atoms with van der Waals surface area (Å²) in [6, 6.07) is 8.97. The Morgan fingerprint density at radius 3 is 2.56 bits per heavy atom. The average molecular weight is 347 g/mol. The van der Waals surface area contributed by atoms with Crippen molar-refractivity contribution in [1.29, 1.82) is 0 Å². The third kappa shape index (κ3) is 3.35. The lowest BCUT2D eigenvalue weighted by molar-refractivity contribution is -0.166. The van der Waals surface area contributed by atoms with E-state index < -0.39 is 35.3 Å². The topological polar surface area (TPSA) is 76.1 Å². The van der Waals surface area contributed by atoms with Gasteiger partial charge >= 0.3 is 12.1 Å². The van der Waals surface area contributed by atoms with Gasteiger partial charge in [0.2, 0.25) is 0 Å². The molecule has 0 radical (unpaired) electrons. The van der Waals surface area contributed by atoms with E-state index in [1.165, 1.54) is 4.90 Å². The maximum Gasteiger partial charge on any atom is 0.411 e. The Morgan fingerprint density at radius 1 is 1.28 bits per heavy atom. The molecular weight excluding hydrogens is 322 g/mol. The minimum Gasteiger partial charge on any atom is -0.458 e. The lowest BCUT2D eigenvalue weighted by Gasteiger charge is -2.34. The van der Waals surface area contributed by atoms with Gasteiger partial charge in [0, 0.05) is 6.42 Å². The molecule has 2 aliphatic rings. The van der Waals surface area contributed by atoms with Gasteiger partial charge in [-0.2, -0.15) is 0 Å². The predicted octanol–water partition coefficient (Wildman–Crippen LogP) is 2.63. The van der Waals surface area contributed by atoms with Crippen LogP contribution in [-0.2, 0) is 20.9 Å². The first-order valence-corrected chi connectivity index (χ1v) is 8.64. The van der Waals surface area contributed by atoms with Crippen molar-refractivity contribution in [3.63, 3.8) is 0 Å². The second-order valence-electron chi connectivity index (χ2n) is 7.82. The SMILES string of the molecule is CC(C)(C)OC(=O)[C@]12CC[C@H]([C@@H](O)C1)N2C(=O)OCc1ccccc1. The van der Waals surface area contributed by atoms with Crippen LogP contribution in [-0.4, -0.2) is 45.4 Å². The molecule has 2 fully saturated rings. The summed E-state index contributed by atoms with van der Waals surface area (Å²) in [6.07, 6.45) is -0.0444. The molecule has 1 amide bonds. The Hall–Kier alpha value is -2.08. The first-order valence-electron chi connectivity index (χ1n) is 8.64. The van der Waals surface area contributed by atoms with Gasteiger partial charge in [-0.1, -0.05) is 30.3 Å². The van der Waals surface area contributed by atoms with Gasteiger partial charge in [0.1, 0.15) is 17.7 Å². The van der Waals surface area contributed by atoms with Crippen LogP contribution in [0, 0.1) is 0 Å². The van der Waals surface area contributed by atoms with E-state index in [2.05, 4.69) is 0 Å². The molecule has 6 nitrogen and oxygen atoms in total. The van der Waals surface area contributed by atoms with E-state index in [1.54, 1.807) is 20.8 Å². The number of hydrogen-bond acceptors (Lipinski definition) is 5. The highest BCUT2D eigenvalue weighted by Crippen LogP contribution is 2.48. The van der Waals surface area contributed by atoms with Crippen molar-refractivity contribution in [3.8, 4) is 0 Å². The van der Waals surface area contributed by atoms with E-state index in [0.29, 0.717) is 12.8 Å². The number of esters is 1. The maximum absolute atomic E-state index is 12.8. The Labute approximate surface area is 147 Å². The molecule has 0 aliphatic carbocycles. The molecule has 25 heavy (non-hydrogen) atoms. The van der Waals surface area contributed by atoms with Crippen molar-refractivity contribution in [2.75, 3.05) is 0 Å². The minimum absolute atomic E-state index is 0.128. The fraction of sp³-hybridized carbons (Fsp3) is 0.579. The number of amides is 1. The lowest BCUT2D eigenvalue weighted by atomic mass is 9.86. The first-order chi connectivity index (χ1) is 11.7. The monoisotopic (exact) mass is 347 g/mol. The summed E-state index contributed by atoms with van der Waals surface area (Å²) in [5.74, 6) is -0.462. The summed E-state index contributed by atoms with van der Waals surface area (Å²) >= 11 is 0. The quantitative estimate of drug-likeness (QED) is 0.851. The lowest BCUT2D eigenvalue weighted by Crippen LogP contribution is -2.53. The van der Waals surface area contributed by atoms with Gasteiger partial charge in [-0.15, -0.1) is 0 Å². The zero-order valence-electron chi connectivity index (χ0n) is 14.9. The number of hydrogen-bond donors (Lipinski definition) is 1. The number of benzene rings is 1. The van der Waals surface area contributed by atoms with Crippen molar-refractivity contribution in [2.45, 2.75) is 69.9 Å². The molecule has 1 aromatic carbocycles. The zero-order chi connectivity index (χ0) is 18.2. The second kappa shape index (κ2) is 6.33. The highest BCUT2D eigenvalue weighted by molar-refractivity contribution is 5.88. The molecule has 0 aromatic heterocycles. The average Bonchev–Trinajstić information content (AvgIpc) is 3.05. The van der Waals surface area contributed by atoms with E-state index in [0.717, 1.165) is 5.56 Å². The number of rotatable bonds is 3.